The molecule has 8 heteroatoms. The number of hydrogen-bond acceptors (Lipinski definition) is 6. The van der Waals surface area contributed by atoms with E-state index in [-0.39, 0.29) is 24.2 Å². The number of ether oxygens (including phenoxy) is 1. The van der Waals surface area contributed by atoms with Crippen LogP contribution in [0.4, 0.5) is 5.13 Å². The molecule has 3 rings (SSSR count). The van der Waals surface area contributed by atoms with Gasteiger partial charge in [0.15, 0.2) is 0 Å². The SMILES string of the molecule is CCOCCNC(=O)C1CC(=O)N(c2nnc(Cc3ccccc3)s2)C1. The first-order chi connectivity index (χ1) is 12.7. The second-order valence-electron chi connectivity index (χ2n) is 6.03. The topological polar surface area (TPSA) is 84.4 Å². The van der Waals surface area contributed by atoms with Crippen LogP contribution in [0.15, 0.2) is 30.3 Å². The molecule has 138 valence electrons. The van der Waals surface area contributed by atoms with Gasteiger partial charge in [-0.2, -0.15) is 0 Å². The van der Waals surface area contributed by atoms with Gasteiger partial charge in [0.2, 0.25) is 16.9 Å². The van der Waals surface area contributed by atoms with Crippen molar-refractivity contribution in [1.29, 1.82) is 0 Å². The van der Waals surface area contributed by atoms with Crippen molar-refractivity contribution in [2.24, 2.45) is 5.92 Å². The summed E-state index contributed by atoms with van der Waals surface area (Å²) in [5, 5.41) is 12.6. The minimum Gasteiger partial charge on any atom is -0.380 e. The van der Waals surface area contributed by atoms with Crippen LogP contribution in [-0.2, 0) is 20.7 Å². The van der Waals surface area contributed by atoms with Crippen molar-refractivity contribution in [2.45, 2.75) is 19.8 Å². The second kappa shape index (κ2) is 8.86. The summed E-state index contributed by atoms with van der Waals surface area (Å²) in [4.78, 5) is 26.1. The Morgan fingerprint density at radius 3 is 2.92 bits per heavy atom. The Morgan fingerprint density at radius 2 is 2.15 bits per heavy atom. The van der Waals surface area contributed by atoms with E-state index in [9.17, 15) is 9.59 Å². The molecule has 0 aliphatic carbocycles. The van der Waals surface area contributed by atoms with Gasteiger partial charge in [0.1, 0.15) is 5.01 Å². The Labute approximate surface area is 156 Å². The second-order valence-corrected chi connectivity index (χ2v) is 7.07. The number of nitrogens with one attached hydrogen (secondary N) is 1. The van der Waals surface area contributed by atoms with Gasteiger partial charge < -0.3 is 10.1 Å². The highest BCUT2D eigenvalue weighted by molar-refractivity contribution is 7.15. The van der Waals surface area contributed by atoms with E-state index < -0.39 is 0 Å². The first-order valence-electron chi connectivity index (χ1n) is 8.69. The molecule has 2 heterocycles. The van der Waals surface area contributed by atoms with Crippen molar-refractivity contribution >= 4 is 28.3 Å². The standard InChI is InChI=1S/C18H22N4O3S/c1-2-25-9-8-19-17(24)14-11-16(23)22(12-14)18-21-20-15(26-18)10-13-6-4-3-5-7-13/h3-7,14H,2,8-12H2,1H3,(H,19,24). The van der Waals surface area contributed by atoms with E-state index in [1.54, 1.807) is 4.90 Å². The molecule has 1 aliphatic rings. The van der Waals surface area contributed by atoms with Crippen LogP contribution in [0.5, 0.6) is 0 Å². The van der Waals surface area contributed by atoms with Crippen LogP contribution < -0.4 is 10.2 Å². The van der Waals surface area contributed by atoms with E-state index >= 15 is 0 Å². The molecule has 2 aromatic rings. The van der Waals surface area contributed by atoms with Gasteiger partial charge in [-0.25, -0.2) is 0 Å². The zero-order chi connectivity index (χ0) is 18.4. The fraction of sp³-hybridized carbons (Fsp3) is 0.444. The van der Waals surface area contributed by atoms with Gasteiger partial charge in [-0.05, 0) is 12.5 Å². The third-order valence-electron chi connectivity index (χ3n) is 4.13. The number of aromatic nitrogens is 2. The van der Waals surface area contributed by atoms with Gasteiger partial charge in [-0.3, -0.25) is 14.5 Å². The van der Waals surface area contributed by atoms with E-state index in [0.29, 0.717) is 37.9 Å². The molecule has 1 aromatic carbocycles. The zero-order valence-electron chi connectivity index (χ0n) is 14.7. The van der Waals surface area contributed by atoms with Crippen LogP contribution >= 0.6 is 11.3 Å². The highest BCUT2D eigenvalue weighted by atomic mass is 32.1. The summed E-state index contributed by atoms with van der Waals surface area (Å²) in [6, 6.07) is 10.00. The number of benzene rings is 1. The zero-order valence-corrected chi connectivity index (χ0v) is 15.5. The summed E-state index contributed by atoms with van der Waals surface area (Å²) in [5.74, 6) is -0.558. The molecule has 1 aliphatic heterocycles. The third kappa shape index (κ3) is 4.64. The average Bonchev–Trinajstić information content (AvgIpc) is 3.26. The molecule has 0 spiro atoms. The molecular weight excluding hydrogens is 352 g/mol. The molecule has 0 bridgehead atoms. The molecule has 1 unspecified atom stereocenters. The van der Waals surface area contributed by atoms with E-state index in [1.165, 1.54) is 11.3 Å². The Kier molecular flexibility index (Phi) is 6.30. The molecule has 0 saturated carbocycles. The monoisotopic (exact) mass is 374 g/mol. The molecule has 2 amide bonds. The van der Waals surface area contributed by atoms with Gasteiger partial charge in [0.25, 0.3) is 0 Å². The summed E-state index contributed by atoms with van der Waals surface area (Å²) < 4.78 is 5.20. The minimum absolute atomic E-state index is 0.0858. The van der Waals surface area contributed by atoms with Crippen LogP contribution in [0.2, 0.25) is 0 Å². The largest absolute Gasteiger partial charge is 0.380 e. The van der Waals surface area contributed by atoms with Crippen molar-refractivity contribution in [3.05, 3.63) is 40.9 Å². The fourth-order valence-corrected chi connectivity index (χ4v) is 3.70. The third-order valence-corrected chi connectivity index (χ3v) is 5.08. The lowest BCUT2D eigenvalue weighted by Gasteiger charge is -2.12. The average molecular weight is 374 g/mol. The summed E-state index contributed by atoms with van der Waals surface area (Å²) in [7, 11) is 0. The van der Waals surface area contributed by atoms with Crippen LogP contribution in [0.3, 0.4) is 0 Å². The fourth-order valence-electron chi connectivity index (χ4n) is 2.80. The summed E-state index contributed by atoms with van der Waals surface area (Å²) in [6.07, 6.45) is 0.885. The number of carbonyl (C=O) groups excluding carboxylic acids is 2. The van der Waals surface area contributed by atoms with Gasteiger partial charge >= 0.3 is 0 Å². The van der Waals surface area contributed by atoms with E-state index in [1.807, 2.05) is 37.3 Å². The lowest BCUT2D eigenvalue weighted by Crippen LogP contribution is -2.34. The first kappa shape index (κ1) is 18.5. The van der Waals surface area contributed by atoms with Crippen molar-refractivity contribution < 1.29 is 14.3 Å². The van der Waals surface area contributed by atoms with Gasteiger partial charge in [0, 0.05) is 32.5 Å². The van der Waals surface area contributed by atoms with Crippen molar-refractivity contribution in [1.82, 2.24) is 15.5 Å². The molecule has 1 N–H and O–H groups in total. The van der Waals surface area contributed by atoms with Crippen molar-refractivity contribution in [2.75, 3.05) is 31.2 Å². The Bertz CT molecular complexity index is 750. The molecule has 0 radical (unpaired) electrons. The number of rotatable bonds is 8. The van der Waals surface area contributed by atoms with Crippen LogP contribution in [0.1, 0.15) is 23.9 Å². The van der Waals surface area contributed by atoms with Crippen molar-refractivity contribution in [3.63, 3.8) is 0 Å². The summed E-state index contributed by atoms with van der Waals surface area (Å²) in [5.41, 5.74) is 1.15. The van der Waals surface area contributed by atoms with Gasteiger partial charge in [-0.15, -0.1) is 10.2 Å². The molecular formula is C18H22N4O3S. The van der Waals surface area contributed by atoms with E-state index in [4.69, 9.17) is 4.74 Å². The predicted molar refractivity (Wildman–Crippen MR) is 99.1 cm³/mol. The molecule has 26 heavy (non-hydrogen) atoms. The van der Waals surface area contributed by atoms with Crippen LogP contribution in [-0.4, -0.2) is 48.3 Å². The maximum atomic E-state index is 12.3. The highest BCUT2D eigenvalue weighted by Gasteiger charge is 2.36. The molecule has 1 atom stereocenters. The quantitative estimate of drug-likeness (QED) is 0.710. The van der Waals surface area contributed by atoms with Crippen molar-refractivity contribution in [3.8, 4) is 0 Å². The normalized spacial score (nSPS) is 16.9. The van der Waals surface area contributed by atoms with Crippen LogP contribution in [0.25, 0.3) is 0 Å². The van der Waals surface area contributed by atoms with Gasteiger partial charge in [-0.1, -0.05) is 41.7 Å². The summed E-state index contributed by atoms with van der Waals surface area (Å²) in [6.45, 7) is 3.81. The molecule has 1 aromatic heterocycles. The Morgan fingerprint density at radius 1 is 1.35 bits per heavy atom. The number of amides is 2. The van der Waals surface area contributed by atoms with E-state index in [2.05, 4.69) is 15.5 Å². The number of hydrogen-bond donors (Lipinski definition) is 1. The minimum atomic E-state index is -0.356. The Balaban J connectivity index is 1.56. The smallest absolute Gasteiger partial charge is 0.229 e. The molecule has 1 fully saturated rings. The maximum absolute atomic E-state index is 12.3. The number of nitrogens with zero attached hydrogens (tertiary/aromatic N) is 3. The number of anilines is 1. The number of carbonyl (C=O) groups is 2. The Hall–Kier alpha value is -2.32. The van der Waals surface area contributed by atoms with E-state index in [0.717, 1.165) is 10.6 Å². The molecule has 1 saturated heterocycles. The van der Waals surface area contributed by atoms with Gasteiger partial charge in [0.05, 0.1) is 12.5 Å². The first-order valence-corrected chi connectivity index (χ1v) is 9.51. The van der Waals surface area contributed by atoms with Crippen LogP contribution in [0, 0.1) is 5.92 Å². The lowest BCUT2D eigenvalue weighted by atomic mass is 10.1. The summed E-state index contributed by atoms with van der Waals surface area (Å²) >= 11 is 1.40. The lowest BCUT2D eigenvalue weighted by molar-refractivity contribution is -0.126. The maximum Gasteiger partial charge on any atom is 0.229 e. The highest BCUT2D eigenvalue weighted by Crippen LogP contribution is 2.28. The molecule has 7 nitrogen and oxygen atoms in total. The predicted octanol–water partition coefficient (Wildman–Crippen LogP) is 1.63.